The second kappa shape index (κ2) is 10.2. The number of carbonyl (C=O) groups is 1. The first-order valence-corrected chi connectivity index (χ1v) is 9.75. The predicted molar refractivity (Wildman–Crippen MR) is 112 cm³/mol. The molecule has 5 heteroatoms. The van der Waals surface area contributed by atoms with Gasteiger partial charge < -0.3 is 9.47 Å². The van der Waals surface area contributed by atoms with E-state index in [-0.39, 0.29) is 18.4 Å². The van der Waals surface area contributed by atoms with Crippen molar-refractivity contribution in [3.63, 3.8) is 0 Å². The molecule has 0 spiro atoms. The van der Waals surface area contributed by atoms with Gasteiger partial charge in [0.15, 0.2) is 0 Å². The molecule has 0 N–H and O–H groups in total. The Morgan fingerprint density at radius 2 is 1.77 bits per heavy atom. The van der Waals surface area contributed by atoms with Crippen LogP contribution in [0.1, 0.15) is 30.0 Å². The highest BCUT2D eigenvalue weighted by Crippen LogP contribution is 2.26. The maximum Gasteiger partial charge on any atom is 0.306 e. The van der Waals surface area contributed by atoms with E-state index in [0.717, 1.165) is 16.7 Å². The summed E-state index contributed by atoms with van der Waals surface area (Å²) in [5, 5.41) is 8.96. The summed E-state index contributed by atoms with van der Waals surface area (Å²) in [5.41, 5.74) is 4.04. The van der Waals surface area contributed by atoms with Crippen molar-refractivity contribution in [2.45, 2.75) is 26.4 Å². The molecule has 152 valence electrons. The van der Waals surface area contributed by atoms with Crippen molar-refractivity contribution < 1.29 is 18.7 Å². The van der Waals surface area contributed by atoms with Crippen molar-refractivity contribution in [3.05, 3.63) is 89.2 Å². The number of carbonyl (C=O) groups excluding carboxylic acids is 1. The van der Waals surface area contributed by atoms with Gasteiger partial charge in [-0.1, -0.05) is 30.3 Å². The molecule has 3 rings (SSSR count). The summed E-state index contributed by atoms with van der Waals surface area (Å²) in [6, 6.07) is 21.3. The summed E-state index contributed by atoms with van der Waals surface area (Å²) in [4.78, 5) is 11.5. The topological polar surface area (TPSA) is 59.3 Å². The van der Waals surface area contributed by atoms with Gasteiger partial charge in [0.05, 0.1) is 18.2 Å². The first kappa shape index (κ1) is 21.1. The van der Waals surface area contributed by atoms with Gasteiger partial charge in [0.2, 0.25) is 0 Å². The van der Waals surface area contributed by atoms with Gasteiger partial charge >= 0.3 is 5.97 Å². The van der Waals surface area contributed by atoms with Gasteiger partial charge in [0.1, 0.15) is 18.2 Å². The van der Waals surface area contributed by atoms with E-state index in [1.807, 2.05) is 36.4 Å². The van der Waals surface area contributed by atoms with Gasteiger partial charge in [-0.15, -0.1) is 0 Å². The lowest BCUT2D eigenvalue weighted by Gasteiger charge is -2.12. The molecule has 0 bridgehead atoms. The molecule has 0 radical (unpaired) electrons. The lowest BCUT2D eigenvalue weighted by atomic mass is 9.99. The average molecular weight is 403 g/mol. The van der Waals surface area contributed by atoms with Crippen LogP contribution >= 0.6 is 0 Å². The minimum Gasteiger partial charge on any atom is -0.489 e. The Hall–Kier alpha value is -3.65. The average Bonchev–Trinajstić information content (AvgIpc) is 2.77. The van der Waals surface area contributed by atoms with Crippen LogP contribution < -0.4 is 4.74 Å². The van der Waals surface area contributed by atoms with Crippen LogP contribution in [0.25, 0.3) is 11.1 Å². The predicted octanol–water partition coefficient (Wildman–Crippen LogP) is 5.44. The summed E-state index contributed by atoms with van der Waals surface area (Å²) < 4.78 is 24.6. The van der Waals surface area contributed by atoms with Gasteiger partial charge in [-0.3, -0.25) is 4.79 Å². The second-order valence-electron chi connectivity index (χ2n) is 6.73. The van der Waals surface area contributed by atoms with Crippen LogP contribution in [0.3, 0.4) is 0 Å². The zero-order valence-electron chi connectivity index (χ0n) is 16.7. The van der Waals surface area contributed by atoms with Gasteiger partial charge in [-0.05, 0) is 72.0 Å². The Kier molecular flexibility index (Phi) is 7.18. The Labute approximate surface area is 175 Å². The van der Waals surface area contributed by atoms with E-state index in [2.05, 4.69) is 6.07 Å². The largest absolute Gasteiger partial charge is 0.489 e. The Bertz CT molecular complexity index is 1040. The molecule has 0 atom stereocenters. The fourth-order valence-corrected chi connectivity index (χ4v) is 3.08. The highest BCUT2D eigenvalue weighted by Gasteiger charge is 2.09. The monoisotopic (exact) mass is 403 g/mol. The fourth-order valence-electron chi connectivity index (χ4n) is 3.08. The molecule has 0 aliphatic carbocycles. The third-order valence-corrected chi connectivity index (χ3v) is 4.63. The third kappa shape index (κ3) is 5.68. The number of ether oxygens (including phenoxy) is 2. The van der Waals surface area contributed by atoms with Crippen LogP contribution in [0, 0.1) is 17.1 Å². The zero-order valence-corrected chi connectivity index (χ0v) is 16.7. The van der Waals surface area contributed by atoms with E-state index in [9.17, 15) is 9.18 Å². The Morgan fingerprint density at radius 3 is 2.43 bits per heavy atom. The molecular weight excluding hydrogens is 381 g/mol. The number of nitriles is 1. The third-order valence-electron chi connectivity index (χ3n) is 4.63. The number of rotatable bonds is 8. The minimum atomic E-state index is -0.333. The second-order valence-corrected chi connectivity index (χ2v) is 6.73. The molecule has 0 fully saturated rings. The van der Waals surface area contributed by atoms with Crippen LogP contribution in [0.4, 0.5) is 4.39 Å². The van der Waals surface area contributed by atoms with E-state index < -0.39 is 0 Å². The molecule has 0 aromatic heterocycles. The minimum absolute atomic E-state index is 0.204. The molecule has 0 saturated carbocycles. The molecule has 0 unspecified atom stereocenters. The smallest absolute Gasteiger partial charge is 0.306 e. The van der Waals surface area contributed by atoms with Crippen molar-refractivity contribution in [3.8, 4) is 22.9 Å². The lowest BCUT2D eigenvalue weighted by Crippen LogP contribution is -2.05. The van der Waals surface area contributed by atoms with Gasteiger partial charge in [0.25, 0.3) is 0 Å². The summed E-state index contributed by atoms with van der Waals surface area (Å²) >= 11 is 0. The molecule has 0 aliphatic rings. The van der Waals surface area contributed by atoms with Crippen LogP contribution in [-0.4, -0.2) is 12.6 Å². The number of halogens is 1. The van der Waals surface area contributed by atoms with E-state index in [0.29, 0.717) is 36.3 Å². The van der Waals surface area contributed by atoms with Crippen molar-refractivity contribution in [1.82, 2.24) is 0 Å². The lowest BCUT2D eigenvalue weighted by molar-refractivity contribution is -0.143. The molecular formula is C25H22FNO3. The molecule has 0 heterocycles. The van der Waals surface area contributed by atoms with Crippen molar-refractivity contribution in [1.29, 1.82) is 5.26 Å². The normalized spacial score (nSPS) is 10.3. The van der Waals surface area contributed by atoms with E-state index >= 15 is 0 Å². The number of nitrogens with zero attached hydrogens (tertiary/aromatic N) is 1. The van der Waals surface area contributed by atoms with Crippen molar-refractivity contribution in [2.75, 3.05) is 6.61 Å². The molecule has 3 aromatic carbocycles. The zero-order chi connectivity index (χ0) is 21.3. The SMILES string of the molecule is CCOC(=O)CCc1ccc(OCc2cc(F)ccc2-c2ccc(C#N)cc2)cc1. The number of aryl methyl sites for hydroxylation is 1. The summed E-state index contributed by atoms with van der Waals surface area (Å²) in [5.74, 6) is 0.115. The van der Waals surface area contributed by atoms with Crippen LogP contribution in [-0.2, 0) is 22.6 Å². The highest BCUT2D eigenvalue weighted by molar-refractivity contribution is 5.69. The van der Waals surface area contributed by atoms with Gasteiger partial charge in [0, 0.05) is 6.42 Å². The van der Waals surface area contributed by atoms with Gasteiger partial charge in [-0.25, -0.2) is 4.39 Å². The van der Waals surface area contributed by atoms with Crippen molar-refractivity contribution in [2.24, 2.45) is 0 Å². The molecule has 30 heavy (non-hydrogen) atoms. The van der Waals surface area contributed by atoms with Crippen molar-refractivity contribution >= 4 is 5.97 Å². The number of benzene rings is 3. The van der Waals surface area contributed by atoms with Crippen LogP contribution in [0.15, 0.2) is 66.7 Å². The maximum atomic E-state index is 13.8. The van der Waals surface area contributed by atoms with E-state index in [1.165, 1.54) is 12.1 Å². The number of hydrogen-bond donors (Lipinski definition) is 0. The van der Waals surface area contributed by atoms with E-state index in [4.69, 9.17) is 14.7 Å². The Morgan fingerprint density at radius 1 is 1.03 bits per heavy atom. The summed E-state index contributed by atoms with van der Waals surface area (Å²) in [7, 11) is 0. The Balaban J connectivity index is 1.67. The highest BCUT2D eigenvalue weighted by atomic mass is 19.1. The maximum absolute atomic E-state index is 13.8. The first-order chi connectivity index (χ1) is 14.6. The standard InChI is InChI=1S/C25H22FNO3/c1-2-29-25(28)14-7-18-5-11-23(12-6-18)30-17-21-15-22(26)10-13-24(21)20-8-3-19(16-27)4-9-20/h3-6,8-13,15H,2,7,14,17H2,1H3. The van der Waals surface area contributed by atoms with Crippen LogP contribution in [0.5, 0.6) is 5.75 Å². The van der Waals surface area contributed by atoms with Crippen LogP contribution in [0.2, 0.25) is 0 Å². The number of esters is 1. The molecule has 0 amide bonds. The first-order valence-electron chi connectivity index (χ1n) is 9.75. The molecule has 0 aliphatic heterocycles. The summed E-state index contributed by atoms with van der Waals surface area (Å²) in [6.45, 7) is 2.38. The quantitative estimate of drug-likeness (QED) is 0.470. The molecule has 3 aromatic rings. The molecule has 4 nitrogen and oxygen atoms in total. The van der Waals surface area contributed by atoms with E-state index in [1.54, 1.807) is 25.1 Å². The van der Waals surface area contributed by atoms with Gasteiger partial charge in [-0.2, -0.15) is 5.26 Å². The summed E-state index contributed by atoms with van der Waals surface area (Å²) in [6.07, 6.45) is 0.942. The molecule has 0 saturated heterocycles. The number of hydrogen-bond acceptors (Lipinski definition) is 4. The fraction of sp³-hybridized carbons (Fsp3) is 0.200.